The molecule has 2 N–H and O–H groups in total. The van der Waals surface area contributed by atoms with E-state index in [9.17, 15) is 14.9 Å². The first-order valence-corrected chi connectivity index (χ1v) is 6.17. The molecular formula is C13H18N2O5. The van der Waals surface area contributed by atoms with Gasteiger partial charge in [-0.2, -0.15) is 0 Å². The Morgan fingerprint density at radius 3 is 2.65 bits per heavy atom. The summed E-state index contributed by atoms with van der Waals surface area (Å²) in [6, 6.07) is 2.20. The van der Waals surface area contributed by atoms with E-state index in [2.05, 4.69) is 0 Å². The van der Waals surface area contributed by atoms with Crippen molar-refractivity contribution in [2.75, 3.05) is 13.2 Å². The van der Waals surface area contributed by atoms with Gasteiger partial charge in [-0.05, 0) is 31.9 Å². The highest BCUT2D eigenvalue weighted by atomic mass is 16.6. The first kappa shape index (κ1) is 15.9. The zero-order chi connectivity index (χ0) is 15.3. The Morgan fingerprint density at radius 2 is 2.10 bits per heavy atom. The standard InChI is InChI=1S/C13H18N2O5/c1-4-19-13(16)10(14)7-20-12-9(3)5-8(2)6-11(12)15(17)18/h5-6,10H,4,7,14H2,1-3H3. The number of hydrogen-bond acceptors (Lipinski definition) is 6. The monoisotopic (exact) mass is 282 g/mol. The average Bonchev–Trinajstić information content (AvgIpc) is 2.36. The van der Waals surface area contributed by atoms with Crippen LogP contribution in [0.25, 0.3) is 0 Å². The summed E-state index contributed by atoms with van der Waals surface area (Å²) in [7, 11) is 0. The van der Waals surface area contributed by atoms with Gasteiger partial charge in [0.1, 0.15) is 12.6 Å². The van der Waals surface area contributed by atoms with Crippen LogP contribution in [-0.2, 0) is 9.53 Å². The Kier molecular flexibility index (Phi) is 5.45. The summed E-state index contributed by atoms with van der Waals surface area (Å²) in [5, 5.41) is 11.0. The number of nitrogens with two attached hydrogens (primary N) is 1. The lowest BCUT2D eigenvalue weighted by molar-refractivity contribution is -0.386. The number of aryl methyl sites for hydroxylation is 2. The molecule has 0 fully saturated rings. The average molecular weight is 282 g/mol. The molecule has 0 spiro atoms. The number of carbonyl (C=O) groups is 1. The number of hydrogen-bond donors (Lipinski definition) is 1. The third-order valence-corrected chi connectivity index (χ3v) is 2.59. The topological polar surface area (TPSA) is 105 Å². The summed E-state index contributed by atoms with van der Waals surface area (Å²) in [5.74, 6) is -0.472. The van der Waals surface area contributed by atoms with Crippen molar-refractivity contribution in [1.82, 2.24) is 0 Å². The van der Waals surface area contributed by atoms with Crippen molar-refractivity contribution in [1.29, 1.82) is 0 Å². The van der Waals surface area contributed by atoms with Crippen molar-refractivity contribution in [3.8, 4) is 5.75 Å². The van der Waals surface area contributed by atoms with Gasteiger partial charge in [-0.3, -0.25) is 14.9 Å². The Hall–Kier alpha value is -2.15. The van der Waals surface area contributed by atoms with Gasteiger partial charge in [0, 0.05) is 6.07 Å². The highest BCUT2D eigenvalue weighted by Gasteiger charge is 2.21. The molecule has 7 heteroatoms. The normalized spacial score (nSPS) is 11.8. The molecule has 0 aromatic heterocycles. The van der Waals surface area contributed by atoms with Gasteiger partial charge in [-0.25, -0.2) is 0 Å². The second-order valence-electron chi connectivity index (χ2n) is 4.36. The van der Waals surface area contributed by atoms with Crippen LogP contribution in [0.2, 0.25) is 0 Å². The summed E-state index contributed by atoms with van der Waals surface area (Å²) >= 11 is 0. The number of nitro groups is 1. The van der Waals surface area contributed by atoms with Crippen molar-refractivity contribution >= 4 is 11.7 Å². The highest BCUT2D eigenvalue weighted by molar-refractivity contribution is 5.75. The van der Waals surface area contributed by atoms with Crippen LogP contribution in [0.15, 0.2) is 12.1 Å². The van der Waals surface area contributed by atoms with E-state index in [0.29, 0.717) is 5.56 Å². The molecule has 20 heavy (non-hydrogen) atoms. The molecule has 0 aliphatic heterocycles. The Bertz CT molecular complexity index is 516. The van der Waals surface area contributed by atoms with E-state index in [0.717, 1.165) is 5.56 Å². The summed E-state index contributed by atoms with van der Waals surface area (Å²) in [4.78, 5) is 21.8. The van der Waals surface area contributed by atoms with E-state index in [1.807, 2.05) is 0 Å². The number of nitrogens with zero attached hydrogens (tertiary/aromatic N) is 1. The molecule has 0 aliphatic rings. The van der Waals surface area contributed by atoms with Gasteiger partial charge in [0.05, 0.1) is 11.5 Å². The highest BCUT2D eigenvalue weighted by Crippen LogP contribution is 2.32. The van der Waals surface area contributed by atoms with Crippen molar-refractivity contribution in [2.45, 2.75) is 26.8 Å². The minimum Gasteiger partial charge on any atom is -0.484 e. The smallest absolute Gasteiger partial charge is 0.326 e. The van der Waals surface area contributed by atoms with Gasteiger partial charge >= 0.3 is 11.7 Å². The third kappa shape index (κ3) is 3.92. The van der Waals surface area contributed by atoms with Gasteiger partial charge in [-0.15, -0.1) is 0 Å². The number of nitro benzene ring substituents is 1. The molecule has 0 bridgehead atoms. The quantitative estimate of drug-likeness (QED) is 0.481. The van der Waals surface area contributed by atoms with Gasteiger partial charge < -0.3 is 15.2 Å². The molecule has 1 atom stereocenters. The van der Waals surface area contributed by atoms with Crippen LogP contribution in [0, 0.1) is 24.0 Å². The molecule has 0 radical (unpaired) electrons. The molecule has 0 amide bonds. The third-order valence-electron chi connectivity index (χ3n) is 2.59. The zero-order valence-electron chi connectivity index (χ0n) is 11.7. The lowest BCUT2D eigenvalue weighted by atomic mass is 10.1. The molecular weight excluding hydrogens is 264 g/mol. The van der Waals surface area contributed by atoms with E-state index in [1.165, 1.54) is 6.07 Å². The molecule has 1 aromatic carbocycles. The Balaban J connectivity index is 2.87. The predicted molar refractivity (Wildman–Crippen MR) is 72.7 cm³/mol. The van der Waals surface area contributed by atoms with Crippen LogP contribution in [0.5, 0.6) is 5.75 Å². The van der Waals surface area contributed by atoms with E-state index >= 15 is 0 Å². The molecule has 0 heterocycles. The van der Waals surface area contributed by atoms with E-state index in [-0.39, 0.29) is 24.7 Å². The molecule has 1 aromatic rings. The molecule has 0 aliphatic carbocycles. The number of benzene rings is 1. The van der Waals surface area contributed by atoms with E-state index in [4.69, 9.17) is 15.2 Å². The van der Waals surface area contributed by atoms with Crippen LogP contribution < -0.4 is 10.5 Å². The van der Waals surface area contributed by atoms with Gasteiger partial charge in [0.2, 0.25) is 0 Å². The maximum atomic E-state index is 11.4. The van der Waals surface area contributed by atoms with Crippen molar-refractivity contribution < 1.29 is 19.2 Å². The molecule has 0 saturated carbocycles. The SMILES string of the molecule is CCOC(=O)C(N)COc1c(C)cc(C)cc1[N+](=O)[O-]. The Labute approximate surface area is 116 Å². The fourth-order valence-corrected chi connectivity index (χ4v) is 1.75. The molecule has 0 saturated heterocycles. The van der Waals surface area contributed by atoms with Crippen LogP contribution in [0.4, 0.5) is 5.69 Å². The molecule has 1 unspecified atom stereocenters. The van der Waals surface area contributed by atoms with Crippen molar-refractivity contribution in [3.05, 3.63) is 33.4 Å². The lowest BCUT2D eigenvalue weighted by Crippen LogP contribution is -2.38. The van der Waals surface area contributed by atoms with Crippen LogP contribution in [-0.4, -0.2) is 30.1 Å². The molecule has 1 rings (SSSR count). The maximum Gasteiger partial charge on any atom is 0.326 e. The number of rotatable bonds is 6. The molecule has 110 valence electrons. The van der Waals surface area contributed by atoms with Crippen molar-refractivity contribution in [2.24, 2.45) is 5.73 Å². The van der Waals surface area contributed by atoms with Gasteiger partial charge in [0.15, 0.2) is 5.75 Å². The van der Waals surface area contributed by atoms with E-state index in [1.54, 1.807) is 26.8 Å². The van der Waals surface area contributed by atoms with E-state index < -0.39 is 16.9 Å². The first-order valence-electron chi connectivity index (χ1n) is 6.17. The largest absolute Gasteiger partial charge is 0.484 e. The summed E-state index contributed by atoms with van der Waals surface area (Å²) in [6.45, 7) is 5.17. The summed E-state index contributed by atoms with van der Waals surface area (Å²) in [6.07, 6.45) is 0. The van der Waals surface area contributed by atoms with Crippen LogP contribution in [0.1, 0.15) is 18.1 Å². The molecule has 7 nitrogen and oxygen atoms in total. The van der Waals surface area contributed by atoms with Gasteiger partial charge in [-0.1, -0.05) is 6.07 Å². The lowest BCUT2D eigenvalue weighted by Gasteiger charge is -2.14. The second-order valence-corrected chi connectivity index (χ2v) is 4.36. The number of carbonyl (C=O) groups excluding carboxylic acids is 1. The van der Waals surface area contributed by atoms with Crippen LogP contribution >= 0.6 is 0 Å². The fraction of sp³-hybridized carbons (Fsp3) is 0.462. The van der Waals surface area contributed by atoms with Crippen LogP contribution in [0.3, 0.4) is 0 Å². The van der Waals surface area contributed by atoms with Crippen molar-refractivity contribution in [3.63, 3.8) is 0 Å². The minimum absolute atomic E-state index is 0.125. The predicted octanol–water partition coefficient (Wildman–Crippen LogP) is 1.48. The fourth-order valence-electron chi connectivity index (χ4n) is 1.75. The second kappa shape index (κ2) is 6.85. The number of ether oxygens (including phenoxy) is 2. The minimum atomic E-state index is -0.977. The zero-order valence-corrected chi connectivity index (χ0v) is 11.7. The summed E-state index contributed by atoms with van der Waals surface area (Å²) < 4.78 is 10.1. The summed E-state index contributed by atoms with van der Waals surface area (Å²) in [5.41, 5.74) is 6.83. The van der Waals surface area contributed by atoms with Gasteiger partial charge in [0.25, 0.3) is 0 Å². The Morgan fingerprint density at radius 1 is 1.45 bits per heavy atom. The first-order chi connectivity index (χ1) is 9.36. The number of esters is 1. The maximum absolute atomic E-state index is 11.4.